The van der Waals surface area contributed by atoms with Gasteiger partial charge in [-0.2, -0.15) is 4.98 Å². The fraction of sp³-hybridized carbons (Fsp3) is 0.276. The van der Waals surface area contributed by atoms with Crippen molar-refractivity contribution in [2.75, 3.05) is 49.3 Å². The average molecular weight is 529 g/mol. The molecule has 0 unspecified atom stereocenters. The molecule has 0 bridgehead atoms. The molecule has 0 saturated carbocycles. The molecule has 196 valence electrons. The average Bonchev–Trinajstić information content (AvgIpc) is 3.39. The zero-order valence-corrected chi connectivity index (χ0v) is 22.5. The first kappa shape index (κ1) is 25.7. The largest absolute Gasteiger partial charge is 0.437 e. The standard InChI is InChI=1S/C29H32N6O2S/c1-4-26(36)30-22-6-5-7-24(18-22)37-28-27-25(14-17-38-27)32-29(33-28)31-21-8-10-23(11-9-21)35-15-12-20(13-16-35)19-34(2)3/h4-11,14,17-18,20H,1,12-13,15-16,19H2,2-3H3,(H,30,36)(H,31,32,33). The van der Waals surface area contributed by atoms with Gasteiger partial charge in [-0.15, -0.1) is 11.3 Å². The van der Waals surface area contributed by atoms with Crippen LogP contribution in [-0.4, -0.2) is 54.5 Å². The summed E-state index contributed by atoms with van der Waals surface area (Å²) in [5.41, 5.74) is 3.56. The summed E-state index contributed by atoms with van der Waals surface area (Å²) in [4.78, 5) is 25.7. The molecule has 38 heavy (non-hydrogen) atoms. The Labute approximate surface area is 227 Å². The van der Waals surface area contributed by atoms with E-state index < -0.39 is 0 Å². The van der Waals surface area contributed by atoms with Crippen LogP contribution in [-0.2, 0) is 4.79 Å². The Balaban J connectivity index is 1.29. The lowest BCUT2D eigenvalue weighted by atomic mass is 9.96. The Morgan fingerprint density at radius 2 is 1.92 bits per heavy atom. The van der Waals surface area contributed by atoms with E-state index in [1.165, 1.54) is 35.9 Å². The number of hydrogen-bond acceptors (Lipinski definition) is 8. The van der Waals surface area contributed by atoms with Crippen LogP contribution >= 0.6 is 11.3 Å². The number of amides is 1. The predicted octanol–water partition coefficient (Wildman–Crippen LogP) is 6.13. The van der Waals surface area contributed by atoms with Gasteiger partial charge in [-0.3, -0.25) is 4.79 Å². The Kier molecular flexibility index (Phi) is 7.86. The molecule has 1 aliphatic rings. The lowest BCUT2D eigenvalue weighted by Gasteiger charge is -2.34. The first-order valence-corrected chi connectivity index (χ1v) is 13.6. The fourth-order valence-corrected chi connectivity index (χ4v) is 5.43. The van der Waals surface area contributed by atoms with Crippen LogP contribution in [0.2, 0.25) is 0 Å². The van der Waals surface area contributed by atoms with Crippen LogP contribution in [0, 0.1) is 5.92 Å². The van der Waals surface area contributed by atoms with Crippen molar-refractivity contribution in [2.45, 2.75) is 12.8 Å². The number of rotatable bonds is 9. The van der Waals surface area contributed by atoms with E-state index in [0.717, 1.165) is 41.5 Å². The monoisotopic (exact) mass is 528 g/mol. The summed E-state index contributed by atoms with van der Waals surface area (Å²) in [7, 11) is 4.30. The maximum atomic E-state index is 11.7. The van der Waals surface area contributed by atoms with Crippen LogP contribution < -0.4 is 20.3 Å². The fourth-order valence-electron chi connectivity index (χ4n) is 4.68. The molecule has 0 atom stereocenters. The van der Waals surface area contributed by atoms with E-state index in [-0.39, 0.29) is 5.91 Å². The number of anilines is 4. The van der Waals surface area contributed by atoms with Crippen LogP contribution in [0.3, 0.4) is 0 Å². The molecule has 1 fully saturated rings. The van der Waals surface area contributed by atoms with Crippen LogP contribution in [0.4, 0.5) is 23.0 Å². The number of piperidine rings is 1. The number of benzene rings is 2. The molecule has 1 amide bonds. The van der Waals surface area contributed by atoms with Crippen LogP contribution in [0.1, 0.15) is 12.8 Å². The lowest BCUT2D eigenvalue weighted by Crippen LogP contribution is -2.37. The van der Waals surface area contributed by atoms with Gasteiger partial charge in [0.15, 0.2) is 0 Å². The summed E-state index contributed by atoms with van der Waals surface area (Å²) in [6, 6.07) is 17.5. The SMILES string of the molecule is C=CC(=O)Nc1cccc(Oc2nc(Nc3ccc(N4CCC(CN(C)C)CC4)cc3)nc3ccsc23)c1. The van der Waals surface area contributed by atoms with Gasteiger partial charge >= 0.3 is 0 Å². The predicted molar refractivity (Wildman–Crippen MR) is 156 cm³/mol. The second-order valence-corrected chi connectivity index (χ2v) is 10.6. The van der Waals surface area contributed by atoms with E-state index in [4.69, 9.17) is 4.74 Å². The van der Waals surface area contributed by atoms with E-state index >= 15 is 0 Å². The van der Waals surface area contributed by atoms with Crippen molar-refractivity contribution in [3.05, 3.63) is 72.6 Å². The molecule has 0 radical (unpaired) electrons. The second kappa shape index (κ2) is 11.6. The van der Waals surface area contributed by atoms with Gasteiger partial charge in [0.25, 0.3) is 0 Å². The van der Waals surface area contributed by atoms with Crippen molar-refractivity contribution >= 4 is 50.5 Å². The molecular formula is C29H32N6O2S. The van der Waals surface area contributed by atoms with Crippen molar-refractivity contribution < 1.29 is 9.53 Å². The lowest BCUT2D eigenvalue weighted by molar-refractivity contribution is -0.111. The topological polar surface area (TPSA) is 82.6 Å². The third kappa shape index (κ3) is 6.30. The van der Waals surface area contributed by atoms with E-state index in [0.29, 0.717) is 23.3 Å². The molecular weight excluding hydrogens is 496 g/mol. The normalized spacial score (nSPS) is 14.0. The third-order valence-corrected chi connectivity index (χ3v) is 7.39. The Morgan fingerprint density at radius 3 is 2.66 bits per heavy atom. The molecule has 1 aliphatic heterocycles. The second-order valence-electron chi connectivity index (χ2n) is 9.68. The number of thiophene rings is 1. The van der Waals surface area contributed by atoms with Gasteiger partial charge in [0, 0.05) is 42.8 Å². The molecule has 9 heteroatoms. The number of carbonyl (C=O) groups excluding carboxylic acids is 1. The highest BCUT2D eigenvalue weighted by atomic mass is 32.1. The van der Waals surface area contributed by atoms with Crippen molar-refractivity contribution in [1.82, 2.24) is 14.9 Å². The molecule has 2 aromatic carbocycles. The van der Waals surface area contributed by atoms with Gasteiger partial charge in [-0.1, -0.05) is 12.6 Å². The minimum absolute atomic E-state index is 0.281. The van der Waals surface area contributed by atoms with Crippen LogP contribution in [0.15, 0.2) is 72.6 Å². The van der Waals surface area contributed by atoms with Gasteiger partial charge in [0.2, 0.25) is 17.7 Å². The highest BCUT2D eigenvalue weighted by molar-refractivity contribution is 7.17. The van der Waals surface area contributed by atoms with E-state index in [2.05, 4.69) is 75.3 Å². The third-order valence-electron chi connectivity index (χ3n) is 6.50. The van der Waals surface area contributed by atoms with Gasteiger partial charge in [0.1, 0.15) is 10.4 Å². The zero-order valence-electron chi connectivity index (χ0n) is 21.7. The minimum atomic E-state index is -0.281. The van der Waals surface area contributed by atoms with E-state index in [1.54, 1.807) is 12.1 Å². The van der Waals surface area contributed by atoms with Crippen LogP contribution in [0.25, 0.3) is 10.2 Å². The van der Waals surface area contributed by atoms with Crippen LogP contribution in [0.5, 0.6) is 11.6 Å². The molecule has 3 heterocycles. The smallest absolute Gasteiger partial charge is 0.247 e. The number of hydrogen-bond donors (Lipinski definition) is 2. The van der Waals surface area contributed by atoms with Gasteiger partial charge < -0.3 is 25.2 Å². The number of nitrogens with zero attached hydrogens (tertiary/aromatic N) is 4. The van der Waals surface area contributed by atoms with Crippen molar-refractivity contribution in [3.63, 3.8) is 0 Å². The first-order valence-electron chi connectivity index (χ1n) is 12.7. The molecule has 0 spiro atoms. The Morgan fingerprint density at radius 1 is 1.13 bits per heavy atom. The Bertz CT molecular complexity index is 1410. The number of fused-ring (bicyclic) bond motifs is 1. The molecule has 1 saturated heterocycles. The zero-order chi connectivity index (χ0) is 26.5. The Hall–Kier alpha value is -3.95. The maximum Gasteiger partial charge on any atom is 0.247 e. The highest BCUT2D eigenvalue weighted by Crippen LogP contribution is 2.34. The number of aromatic nitrogens is 2. The van der Waals surface area contributed by atoms with E-state index in [1.807, 2.05) is 23.6 Å². The molecule has 2 aromatic heterocycles. The summed E-state index contributed by atoms with van der Waals surface area (Å²) >= 11 is 1.52. The van der Waals surface area contributed by atoms with E-state index in [9.17, 15) is 4.79 Å². The van der Waals surface area contributed by atoms with Crippen molar-refractivity contribution in [2.24, 2.45) is 5.92 Å². The van der Waals surface area contributed by atoms with Gasteiger partial charge in [0.05, 0.1) is 5.52 Å². The summed E-state index contributed by atoms with van der Waals surface area (Å²) < 4.78 is 7.00. The maximum absolute atomic E-state index is 11.7. The van der Waals surface area contributed by atoms with Gasteiger partial charge in [-0.05, 0) is 86.8 Å². The van der Waals surface area contributed by atoms with Crippen molar-refractivity contribution in [1.29, 1.82) is 0 Å². The summed E-state index contributed by atoms with van der Waals surface area (Å²) in [5.74, 6) is 1.97. The quantitative estimate of drug-likeness (QED) is 0.253. The number of carbonyl (C=O) groups is 1. The number of nitrogens with one attached hydrogen (secondary N) is 2. The molecule has 4 aromatic rings. The molecule has 0 aliphatic carbocycles. The van der Waals surface area contributed by atoms with Gasteiger partial charge in [-0.25, -0.2) is 4.98 Å². The summed E-state index contributed by atoms with van der Waals surface area (Å²) in [6.07, 6.45) is 3.67. The first-order chi connectivity index (χ1) is 18.5. The minimum Gasteiger partial charge on any atom is -0.437 e. The molecule has 5 rings (SSSR count). The number of ether oxygens (including phenoxy) is 1. The summed E-state index contributed by atoms with van der Waals surface area (Å²) in [6.45, 7) is 6.82. The highest BCUT2D eigenvalue weighted by Gasteiger charge is 2.20. The summed E-state index contributed by atoms with van der Waals surface area (Å²) in [5, 5.41) is 8.04. The molecule has 8 nitrogen and oxygen atoms in total. The molecule has 2 N–H and O–H groups in total. The van der Waals surface area contributed by atoms with Crippen molar-refractivity contribution in [3.8, 4) is 11.6 Å².